The number of piperidine rings is 1. The van der Waals surface area contributed by atoms with E-state index in [1.165, 1.54) is 50.3 Å². The molecule has 2 N–H and O–H groups in total. The number of hydrogen-bond acceptors (Lipinski definition) is 6. The van der Waals surface area contributed by atoms with Crippen molar-refractivity contribution in [3.63, 3.8) is 0 Å². The minimum absolute atomic E-state index is 0.400. The first kappa shape index (κ1) is 18.1. The van der Waals surface area contributed by atoms with Gasteiger partial charge in [-0.3, -0.25) is 4.40 Å². The predicted molar refractivity (Wildman–Crippen MR) is 113 cm³/mol. The van der Waals surface area contributed by atoms with Crippen LogP contribution in [0.1, 0.15) is 38.5 Å². The second-order valence-corrected chi connectivity index (χ2v) is 9.31. The first-order valence-corrected chi connectivity index (χ1v) is 11.0. The number of aromatic nitrogens is 4. The van der Waals surface area contributed by atoms with Gasteiger partial charge in [0.2, 0.25) is 5.95 Å². The van der Waals surface area contributed by atoms with Gasteiger partial charge in [-0.15, -0.1) is 0 Å². The van der Waals surface area contributed by atoms with Crippen molar-refractivity contribution < 1.29 is 0 Å². The van der Waals surface area contributed by atoms with E-state index in [2.05, 4.69) is 19.3 Å². The van der Waals surface area contributed by atoms with Gasteiger partial charge in [0.15, 0.2) is 5.65 Å². The Balaban J connectivity index is 1.42. The van der Waals surface area contributed by atoms with Crippen molar-refractivity contribution >= 4 is 40.8 Å². The molecule has 1 saturated carbocycles. The Morgan fingerprint density at radius 1 is 1.04 bits per heavy atom. The van der Waals surface area contributed by atoms with Crippen LogP contribution in [0.4, 0.5) is 11.8 Å². The molecule has 0 atom stereocenters. The van der Waals surface area contributed by atoms with Crippen LogP contribution < -0.4 is 10.6 Å². The maximum atomic E-state index is 6.25. The molecule has 6 nitrogen and oxygen atoms in total. The summed E-state index contributed by atoms with van der Waals surface area (Å²) in [5, 5.41) is 0.400. The Bertz CT molecular complexity index is 1000. The van der Waals surface area contributed by atoms with Crippen LogP contribution in [0.15, 0.2) is 40.5 Å². The van der Waals surface area contributed by atoms with Gasteiger partial charge in [-0.1, -0.05) is 36.2 Å². The van der Waals surface area contributed by atoms with Crippen molar-refractivity contribution in [1.82, 2.24) is 19.4 Å². The van der Waals surface area contributed by atoms with Gasteiger partial charge in [-0.2, -0.15) is 0 Å². The van der Waals surface area contributed by atoms with Crippen LogP contribution in [0.25, 0.3) is 5.65 Å². The van der Waals surface area contributed by atoms with Gasteiger partial charge >= 0.3 is 0 Å². The van der Waals surface area contributed by atoms with Gasteiger partial charge in [0.05, 0.1) is 4.90 Å². The minimum Gasteiger partial charge on any atom is -0.384 e. The number of nitrogens with two attached hydrogens (primary N) is 1. The molecule has 0 unspecified atom stereocenters. The Morgan fingerprint density at radius 3 is 2.57 bits per heavy atom. The van der Waals surface area contributed by atoms with Crippen molar-refractivity contribution in [2.24, 2.45) is 5.41 Å². The normalized spacial score (nSPS) is 19.0. The lowest BCUT2D eigenvalue weighted by Crippen LogP contribution is -2.40. The fourth-order valence-electron chi connectivity index (χ4n) is 4.63. The molecule has 0 aromatic carbocycles. The van der Waals surface area contributed by atoms with Crippen molar-refractivity contribution in [1.29, 1.82) is 0 Å². The van der Waals surface area contributed by atoms with E-state index in [1.807, 2.05) is 24.7 Å². The highest BCUT2D eigenvalue weighted by Gasteiger charge is 2.37. The first-order chi connectivity index (χ1) is 13.6. The summed E-state index contributed by atoms with van der Waals surface area (Å²) in [5.41, 5.74) is 7.19. The Kier molecular flexibility index (Phi) is 4.59. The molecule has 3 aromatic rings. The molecule has 2 fully saturated rings. The standard InChI is InChI=1S/C20H23ClN6S/c21-17-14(3-4-16(22)25-17)28-15-13-24-19(27-12-9-23-18(15)27)26-10-7-20(8-11-26)5-1-2-6-20/h3-4,9,12-13H,1-2,5-8,10-11H2,(H2,22,25). The number of fused-ring (bicyclic) bond motifs is 1. The van der Waals surface area contributed by atoms with Crippen LogP contribution >= 0.6 is 23.4 Å². The minimum atomic E-state index is 0.400. The average molecular weight is 415 g/mol. The fraction of sp³-hybridized carbons (Fsp3) is 0.450. The first-order valence-electron chi connectivity index (χ1n) is 9.81. The second-order valence-electron chi connectivity index (χ2n) is 7.86. The van der Waals surface area contributed by atoms with Crippen LogP contribution in [0.2, 0.25) is 5.15 Å². The SMILES string of the molecule is Nc1ccc(Sc2cnc(N3CCC4(CCCC4)CC3)n3ccnc23)c(Cl)n1. The van der Waals surface area contributed by atoms with Crippen molar-refractivity contribution in [3.05, 3.63) is 35.9 Å². The van der Waals surface area contributed by atoms with E-state index in [1.54, 1.807) is 6.07 Å². The second kappa shape index (κ2) is 7.12. The molecular weight excluding hydrogens is 392 g/mol. The van der Waals surface area contributed by atoms with Gasteiger partial charge in [0, 0.05) is 36.6 Å². The van der Waals surface area contributed by atoms with E-state index in [0.717, 1.165) is 34.5 Å². The summed E-state index contributed by atoms with van der Waals surface area (Å²) in [5.74, 6) is 1.39. The molecule has 3 aromatic heterocycles. The van der Waals surface area contributed by atoms with E-state index in [-0.39, 0.29) is 0 Å². The zero-order valence-corrected chi connectivity index (χ0v) is 17.2. The third-order valence-electron chi connectivity index (χ3n) is 6.20. The summed E-state index contributed by atoms with van der Waals surface area (Å²) in [4.78, 5) is 17.7. The van der Waals surface area contributed by atoms with Gasteiger partial charge in [-0.25, -0.2) is 15.0 Å². The number of nitrogens with zero attached hydrogens (tertiary/aromatic N) is 5. The molecule has 1 saturated heterocycles. The molecule has 1 spiro atoms. The monoisotopic (exact) mass is 414 g/mol. The van der Waals surface area contributed by atoms with E-state index in [9.17, 15) is 0 Å². The summed E-state index contributed by atoms with van der Waals surface area (Å²) in [6.07, 6.45) is 13.9. The predicted octanol–water partition coefficient (Wildman–Crippen LogP) is 4.67. The van der Waals surface area contributed by atoms with E-state index >= 15 is 0 Å². The molecule has 5 rings (SSSR count). The van der Waals surface area contributed by atoms with Crippen LogP contribution in [0.3, 0.4) is 0 Å². The third kappa shape index (κ3) is 3.20. The quantitative estimate of drug-likeness (QED) is 0.628. The lowest BCUT2D eigenvalue weighted by Gasteiger charge is -2.39. The third-order valence-corrected chi connectivity index (χ3v) is 7.66. The highest BCUT2D eigenvalue weighted by atomic mass is 35.5. The van der Waals surface area contributed by atoms with E-state index in [0.29, 0.717) is 16.4 Å². The number of halogens is 1. The molecule has 4 heterocycles. The molecule has 1 aliphatic carbocycles. The summed E-state index contributed by atoms with van der Waals surface area (Å²) in [7, 11) is 0. The van der Waals surface area contributed by atoms with Gasteiger partial charge in [-0.05, 0) is 43.2 Å². The van der Waals surface area contributed by atoms with Crippen molar-refractivity contribution in [3.8, 4) is 0 Å². The summed E-state index contributed by atoms with van der Waals surface area (Å²) >= 11 is 7.76. The molecule has 0 radical (unpaired) electrons. The molecule has 8 heteroatoms. The van der Waals surface area contributed by atoms with Crippen molar-refractivity contribution in [2.75, 3.05) is 23.7 Å². The Labute approximate surface area is 173 Å². The largest absolute Gasteiger partial charge is 0.384 e. The smallest absolute Gasteiger partial charge is 0.211 e. The molecule has 0 amide bonds. The number of nitrogen functional groups attached to an aromatic ring is 1. The van der Waals surface area contributed by atoms with Crippen LogP contribution in [0, 0.1) is 5.41 Å². The number of anilines is 2. The highest BCUT2D eigenvalue weighted by molar-refractivity contribution is 7.99. The van der Waals surface area contributed by atoms with Gasteiger partial charge in [0.25, 0.3) is 0 Å². The molecular formula is C20H23ClN6S. The zero-order valence-electron chi connectivity index (χ0n) is 15.6. The summed E-state index contributed by atoms with van der Waals surface area (Å²) < 4.78 is 2.09. The molecule has 146 valence electrons. The lowest BCUT2D eigenvalue weighted by atomic mass is 9.77. The van der Waals surface area contributed by atoms with E-state index < -0.39 is 0 Å². The number of imidazole rings is 1. The highest BCUT2D eigenvalue weighted by Crippen LogP contribution is 2.46. The van der Waals surface area contributed by atoms with Gasteiger partial charge < -0.3 is 10.6 Å². The maximum absolute atomic E-state index is 6.25. The van der Waals surface area contributed by atoms with Crippen LogP contribution in [-0.4, -0.2) is 32.4 Å². The average Bonchev–Trinajstić information content (AvgIpc) is 3.35. The lowest BCUT2D eigenvalue weighted by molar-refractivity contribution is 0.225. The Hall–Kier alpha value is -1.99. The molecule has 2 aliphatic rings. The molecule has 28 heavy (non-hydrogen) atoms. The van der Waals surface area contributed by atoms with Crippen LogP contribution in [0.5, 0.6) is 0 Å². The number of pyridine rings is 1. The molecule has 0 bridgehead atoms. The van der Waals surface area contributed by atoms with Gasteiger partial charge in [0.1, 0.15) is 11.0 Å². The number of hydrogen-bond donors (Lipinski definition) is 1. The van der Waals surface area contributed by atoms with Crippen molar-refractivity contribution in [2.45, 2.75) is 48.3 Å². The Morgan fingerprint density at radius 2 is 1.82 bits per heavy atom. The summed E-state index contributed by atoms with van der Waals surface area (Å²) in [6, 6.07) is 3.64. The zero-order chi connectivity index (χ0) is 19.1. The van der Waals surface area contributed by atoms with Crippen LogP contribution in [-0.2, 0) is 0 Å². The van der Waals surface area contributed by atoms with E-state index in [4.69, 9.17) is 22.3 Å². The summed E-state index contributed by atoms with van der Waals surface area (Å²) in [6.45, 7) is 2.14. The molecule has 1 aliphatic heterocycles. The maximum Gasteiger partial charge on any atom is 0.211 e. The number of rotatable bonds is 3. The topological polar surface area (TPSA) is 72.3 Å². The fourth-order valence-corrected chi connectivity index (χ4v) is 5.75.